The van der Waals surface area contributed by atoms with Crippen LogP contribution in [0.15, 0.2) is 40.8 Å². The van der Waals surface area contributed by atoms with Crippen LogP contribution in [0.5, 0.6) is 0 Å². The molecular formula is C19H23N5O. The number of piperidine rings is 1. The summed E-state index contributed by atoms with van der Waals surface area (Å²) in [7, 11) is 0. The lowest BCUT2D eigenvalue weighted by molar-refractivity contribution is 0.439. The highest BCUT2D eigenvalue weighted by molar-refractivity contribution is 5.28. The van der Waals surface area contributed by atoms with E-state index in [1.165, 1.54) is 17.0 Å². The molecule has 25 heavy (non-hydrogen) atoms. The van der Waals surface area contributed by atoms with Crippen LogP contribution in [0.25, 0.3) is 0 Å². The summed E-state index contributed by atoms with van der Waals surface area (Å²) in [5.74, 6) is 1.19. The highest BCUT2D eigenvalue weighted by Crippen LogP contribution is 2.29. The summed E-state index contributed by atoms with van der Waals surface area (Å²) in [5.41, 5.74) is 3.65. The molecule has 0 bridgehead atoms. The number of nitrogens with zero attached hydrogens (tertiary/aromatic N) is 4. The number of hydrogen-bond donors (Lipinski definition) is 1. The predicted molar refractivity (Wildman–Crippen MR) is 95.7 cm³/mol. The molecule has 1 aliphatic rings. The maximum absolute atomic E-state index is 5.67. The van der Waals surface area contributed by atoms with Crippen LogP contribution < -0.4 is 4.90 Å². The minimum absolute atomic E-state index is 0.491. The average molecular weight is 337 g/mol. The van der Waals surface area contributed by atoms with Crippen LogP contribution in [-0.2, 0) is 12.8 Å². The Morgan fingerprint density at radius 2 is 1.96 bits per heavy atom. The number of H-pyrrole nitrogens is 1. The number of nitrogens with one attached hydrogen (secondary N) is 1. The molecule has 0 aliphatic carbocycles. The molecule has 6 nitrogen and oxygen atoms in total. The Bertz CT molecular complexity index is 802. The summed E-state index contributed by atoms with van der Waals surface area (Å²) in [5, 5.41) is 16.0. The lowest BCUT2D eigenvalue weighted by atomic mass is 9.93. The second-order valence-corrected chi connectivity index (χ2v) is 6.57. The summed E-state index contributed by atoms with van der Waals surface area (Å²) in [6, 6.07) is 13.4. The molecule has 0 saturated carbocycles. The van der Waals surface area contributed by atoms with Gasteiger partial charge in [-0.2, -0.15) is 5.10 Å². The molecule has 0 atom stereocenters. The maximum atomic E-state index is 5.67. The first-order chi connectivity index (χ1) is 12.3. The molecule has 1 aliphatic heterocycles. The predicted octanol–water partition coefficient (Wildman–Crippen LogP) is 3.33. The van der Waals surface area contributed by atoms with Crippen molar-refractivity contribution in [3.63, 3.8) is 0 Å². The number of hydrogen-bond acceptors (Lipinski definition) is 5. The van der Waals surface area contributed by atoms with Gasteiger partial charge in [0.1, 0.15) is 0 Å². The summed E-state index contributed by atoms with van der Waals surface area (Å²) in [6.07, 6.45) is 3.79. The van der Waals surface area contributed by atoms with E-state index in [9.17, 15) is 0 Å². The van der Waals surface area contributed by atoms with Crippen molar-refractivity contribution in [1.29, 1.82) is 0 Å². The quantitative estimate of drug-likeness (QED) is 0.773. The van der Waals surface area contributed by atoms with Gasteiger partial charge >= 0.3 is 6.01 Å². The van der Waals surface area contributed by atoms with Gasteiger partial charge in [0.15, 0.2) is 0 Å². The molecule has 3 heterocycles. The molecular weight excluding hydrogens is 314 g/mol. The first-order valence-corrected chi connectivity index (χ1v) is 8.97. The lowest BCUT2D eigenvalue weighted by Gasteiger charge is -2.29. The molecule has 0 amide bonds. The highest BCUT2D eigenvalue weighted by atomic mass is 16.4. The van der Waals surface area contributed by atoms with Gasteiger partial charge in [-0.25, -0.2) is 0 Å². The zero-order valence-corrected chi connectivity index (χ0v) is 14.5. The molecule has 4 rings (SSSR count). The molecule has 0 unspecified atom stereocenters. The van der Waals surface area contributed by atoms with E-state index in [0.717, 1.165) is 38.8 Å². The summed E-state index contributed by atoms with van der Waals surface area (Å²) >= 11 is 0. The van der Waals surface area contributed by atoms with Gasteiger partial charge in [0.25, 0.3) is 0 Å². The fraction of sp³-hybridized carbons (Fsp3) is 0.421. The van der Waals surface area contributed by atoms with Gasteiger partial charge in [-0.3, -0.25) is 5.10 Å². The molecule has 0 spiro atoms. The third-order valence-corrected chi connectivity index (χ3v) is 4.83. The van der Waals surface area contributed by atoms with Crippen molar-refractivity contribution in [3.8, 4) is 0 Å². The van der Waals surface area contributed by atoms with Gasteiger partial charge in [0, 0.05) is 37.5 Å². The summed E-state index contributed by atoms with van der Waals surface area (Å²) in [4.78, 5) is 2.18. The van der Waals surface area contributed by atoms with Crippen LogP contribution in [-0.4, -0.2) is 33.5 Å². The van der Waals surface area contributed by atoms with Gasteiger partial charge in [-0.05, 0) is 24.5 Å². The smallest absolute Gasteiger partial charge is 0.318 e. The Morgan fingerprint density at radius 3 is 2.68 bits per heavy atom. The van der Waals surface area contributed by atoms with Crippen molar-refractivity contribution >= 4 is 6.01 Å². The zero-order valence-electron chi connectivity index (χ0n) is 14.5. The van der Waals surface area contributed by atoms with Crippen molar-refractivity contribution in [2.24, 2.45) is 0 Å². The Hall–Kier alpha value is -2.63. The average Bonchev–Trinajstić information content (AvgIpc) is 3.32. The molecule has 0 radical (unpaired) electrons. The topological polar surface area (TPSA) is 70.8 Å². The Balaban J connectivity index is 1.36. The third kappa shape index (κ3) is 3.57. The van der Waals surface area contributed by atoms with Crippen LogP contribution in [0, 0.1) is 0 Å². The van der Waals surface area contributed by atoms with E-state index >= 15 is 0 Å². The number of rotatable bonds is 5. The van der Waals surface area contributed by atoms with E-state index in [0.29, 0.717) is 17.8 Å². The monoisotopic (exact) mass is 337 g/mol. The third-order valence-electron chi connectivity index (χ3n) is 4.83. The minimum Gasteiger partial charge on any atom is -0.408 e. The Labute approximate surface area is 147 Å². The number of anilines is 1. The maximum Gasteiger partial charge on any atom is 0.318 e. The fourth-order valence-corrected chi connectivity index (χ4v) is 3.38. The second kappa shape index (κ2) is 7.09. The van der Waals surface area contributed by atoms with E-state index in [4.69, 9.17) is 4.42 Å². The molecule has 6 heteroatoms. The standard InChI is InChI=1S/C19H23N5O/c1-2-18-22-23-19(25-18)24-10-8-15(9-11-24)17-13-16(20-21-17)12-14-6-4-3-5-7-14/h3-7,13,15H,2,8-12H2,1H3,(H,20,21). The molecule has 130 valence electrons. The van der Waals surface area contributed by atoms with E-state index in [1.807, 2.05) is 13.0 Å². The number of aryl methyl sites for hydroxylation is 1. The molecule has 1 aromatic carbocycles. The molecule has 2 aromatic heterocycles. The van der Waals surface area contributed by atoms with Gasteiger partial charge in [0.2, 0.25) is 5.89 Å². The number of aromatic amines is 1. The summed E-state index contributed by atoms with van der Waals surface area (Å²) in [6.45, 7) is 3.88. The number of benzene rings is 1. The van der Waals surface area contributed by atoms with E-state index < -0.39 is 0 Å². The van der Waals surface area contributed by atoms with E-state index in [2.05, 4.69) is 55.6 Å². The fourth-order valence-electron chi connectivity index (χ4n) is 3.38. The van der Waals surface area contributed by atoms with Crippen molar-refractivity contribution < 1.29 is 4.42 Å². The molecule has 1 fully saturated rings. The largest absolute Gasteiger partial charge is 0.408 e. The van der Waals surface area contributed by atoms with Gasteiger partial charge < -0.3 is 9.32 Å². The van der Waals surface area contributed by atoms with Crippen molar-refractivity contribution in [2.75, 3.05) is 18.0 Å². The van der Waals surface area contributed by atoms with Crippen molar-refractivity contribution in [1.82, 2.24) is 20.4 Å². The van der Waals surface area contributed by atoms with E-state index in [1.54, 1.807) is 0 Å². The Kier molecular flexibility index (Phi) is 4.50. The lowest BCUT2D eigenvalue weighted by Crippen LogP contribution is -2.33. The van der Waals surface area contributed by atoms with Crippen molar-refractivity contribution in [3.05, 3.63) is 59.2 Å². The van der Waals surface area contributed by atoms with Gasteiger partial charge in [-0.15, -0.1) is 5.10 Å². The minimum atomic E-state index is 0.491. The SMILES string of the molecule is CCc1nnc(N2CCC(c3cc(Cc4ccccc4)[nH]n3)CC2)o1. The van der Waals surface area contributed by atoms with Gasteiger partial charge in [-0.1, -0.05) is 42.4 Å². The normalized spacial score (nSPS) is 15.6. The van der Waals surface area contributed by atoms with Crippen LogP contribution in [0.3, 0.4) is 0 Å². The number of aromatic nitrogens is 4. The highest BCUT2D eigenvalue weighted by Gasteiger charge is 2.25. The van der Waals surface area contributed by atoms with Crippen molar-refractivity contribution in [2.45, 2.75) is 38.5 Å². The summed E-state index contributed by atoms with van der Waals surface area (Å²) < 4.78 is 5.67. The first kappa shape index (κ1) is 15.9. The zero-order chi connectivity index (χ0) is 17.1. The van der Waals surface area contributed by atoms with Crippen LogP contribution in [0.2, 0.25) is 0 Å². The van der Waals surface area contributed by atoms with Crippen LogP contribution in [0.1, 0.15) is 48.5 Å². The van der Waals surface area contributed by atoms with E-state index in [-0.39, 0.29) is 0 Å². The first-order valence-electron chi connectivity index (χ1n) is 8.97. The molecule has 1 N–H and O–H groups in total. The second-order valence-electron chi connectivity index (χ2n) is 6.57. The Morgan fingerprint density at radius 1 is 1.16 bits per heavy atom. The van der Waals surface area contributed by atoms with Gasteiger partial charge in [0.05, 0.1) is 5.69 Å². The molecule has 3 aromatic rings. The van der Waals surface area contributed by atoms with Crippen LogP contribution >= 0.6 is 0 Å². The van der Waals surface area contributed by atoms with Crippen LogP contribution in [0.4, 0.5) is 6.01 Å². The molecule has 1 saturated heterocycles.